The van der Waals surface area contributed by atoms with E-state index < -0.39 is 6.10 Å². The van der Waals surface area contributed by atoms with Gasteiger partial charge in [0.2, 0.25) is 5.91 Å². The average molecular weight is 288 g/mol. The summed E-state index contributed by atoms with van der Waals surface area (Å²) in [4.78, 5) is 25.1. The highest BCUT2D eigenvalue weighted by Crippen LogP contribution is 2.34. The standard InChI is InChI=1S/C16H20N2O3/c1-10-16(20)18(2)13-9-11(3-6-14(13)21-10)7-8-17-15(19)12-4-5-12/h3,6,9-10,12H,4-5,7-8H2,1-2H3,(H,17,19). The van der Waals surface area contributed by atoms with Gasteiger partial charge in [0.25, 0.3) is 5.91 Å². The zero-order valence-corrected chi connectivity index (χ0v) is 12.4. The normalized spacial score (nSPS) is 20.8. The second-order valence-corrected chi connectivity index (χ2v) is 5.77. The minimum atomic E-state index is -0.439. The lowest BCUT2D eigenvalue weighted by molar-refractivity contribution is -0.125. The number of benzene rings is 1. The van der Waals surface area contributed by atoms with Gasteiger partial charge in [-0.25, -0.2) is 0 Å². The number of carbonyl (C=O) groups is 2. The number of fused-ring (bicyclic) bond motifs is 1. The van der Waals surface area contributed by atoms with E-state index in [-0.39, 0.29) is 17.7 Å². The number of anilines is 1. The molecule has 1 heterocycles. The van der Waals surface area contributed by atoms with Crippen LogP contribution in [0.1, 0.15) is 25.3 Å². The first-order chi connectivity index (χ1) is 10.1. The molecule has 21 heavy (non-hydrogen) atoms. The number of hydrogen-bond donors (Lipinski definition) is 1. The summed E-state index contributed by atoms with van der Waals surface area (Å²) in [5, 5.41) is 2.95. The molecule has 2 amide bonds. The second kappa shape index (κ2) is 5.39. The zero-order chi connectivity index (χ0) is 15.0. The monoisotopic (exact) mass is 288 g/mol. The van der Waals surface area contributed by atoms with E-state index in [9.17, 15) is 9.59 Å². The Labute approximate surface area is 124 Å². The maximum absolute atomic E-state index is 11.9. The van der Waals surface area contributed by atoms with E-state index in [1.165, 1.54) is 0 Å². The molecule has 0 radical (unpaired) electrons. The van der Waals surface area contributed by atoms with Gasteiger partial charge in [-0.2, -0.15) is 0 Å². The molecule has 3 rings (SSSR count). The fraction of sp³-hybridized carbons (Fsp3) is 0.500. The Hall–Kier alpha value is -2.04. The number of nitrogens with zero attached hydrogens (tertiary/aromatic N) is 1. The summed E-state index contributed by atoms with van der Waals surface area (Å²) in [6.07, 6.45) is 2.36. The Kier molecular flexibility index (Phi) is 3.57. The second-order valence-electron chi connectivity index (χ2n) is 5.77. The van der Waals surface area contributed by atoms with Crippen molar-refractivity contribution in [3.05, 3.63) is 23.8 Å². The lowest BCUT2D eigenvalue weighted by Gasteiger charge is -2.30. The first kappa shape index (κ1) is 13.9. The highest BCUT2D eigenvalue weighted by atomic mass is 16.5. The Morgan fingerprint density at radius 2 is 2.19 bits per heavy atom. The van der Waals surface area contributed by atoms with Gasteiger partial charge in [0.05, 0.1) is 5.69 Å². The first-order valence-electron chi connectivity index (χ1n) is 7.41. The van der Waals surface area contributed by atoms with E-state index in [0.717, 1.165) is 36.3 Å². The highest BCUT2D eigenvalue weighted by molar-refractivity contribution is 5.99. The van der Waals surface area contributed by atoms with Crippen LogP contribution in [0.15, 0.2) is 18.2 Å². The first-order valence-corrected chi connectivity index (χ1v) is 7.41. The van der Waals surface area contributed by atoms with E-state index in [0.29, 0.717) is 6.54 Å². The Morgan fingerprint density at radius 1 is 1.43 bits per heavy atom. The van der Waals surface area contributed by atoms with Gasteiger partial charge in [-0.3, -0.25) is 9.59 Å². The quantitative estimate of drug-likeness (QED) is 0.913. The fourth-order valence-electron chi connectivity index (χ4n) is 2.53. The molecular weight excluding hydrogens is 268 g/mol. The van der Waals surface area contributed by atoms with Gasteiger partial charge in [-0.15, -0.1) is 0 Å². The van der Waals surface area contributed by atoms with Gasteiger partial charge in [0.15, 0.2) is 6.10 Å². The van der Waals surface area contributed by atoms with E-state index >= 15 is 0 Å². The molecule has 112 valence electrons. The Bertz CT molecular complexity index is 581. The summed E-state index contributed by atoms with van der Waals surface area (Å²) in [6, 6.07) is 5.84. The molecule has 5 heteroatoms. The molecule has 1 atom stereocenters. The largest absolute Gasteiger partial charge is 0.479 e. The predicted molar refractivity (Wildman–Crippen MR) is 79.4 cm³/mol. The molecule has 1 unspecified atom stereocenters. The van der Waals surface area contributed by atoms with Crippen LogP contribution in [0.4, 0.5) is 5.69 Å². The van der Waals surface area contributed by atoms with Gasteiger partial charge in [0.1, 0.15) is 5.75 Å². The van der Waals surface area contributed by atoms with E-state index in [2.05, 4.69) is 5.32 Å². The molecule has 1 fully saturated rings. The third-order valence-corrected chi connectivity index (χ3v) is 4.03. The topological polar surface area (TPSA) is 58.6 Å². The molecule has 0 bridgehead atoms. The van der Waals surface area contributed by atoms with Crippen LogP contribution >= 0.6 is 0 Å². The number of ether oxygens (including phenoxy) is 1. The fourth-order valence-corrected chi connectivity index (χ4v) is 2.53. The predicted octanol–water partition coefficient (Wildman–Crippen LogP) is 1.50. The number of likely N-dealkylation sites (N-methyl/N-ethyl adjacent to an activating group) is 1. The molecule has 1 aromatic carbocycles. The summed E-state index contributed by atoms with van der Waals surface area (Å²) >= 11 is 0. The van der Waals surface area contributed by atoms with Crippen molar-refractivity contribution in [3.8, 4) is 5.75 Å². The SMILES string of the molecule is CC1Oc2ccc(CCNC(=O)C3CC3)cc2N(C)C1=O. The third-order valence-electron chi connectivity index (χ3n) is 4.03. The summed E-state index contributed by atoms with van der Waals surface area (Å²) < 4.78 is 5.59. The Balaban J connectivity index is 1.65. The van der Waals surface area contributed by atoms with Crippen molar-refractivity contribution in [2.75, 3.05) is 18.5 Å². The molecule has 1 N–H and O–H groups in total. The van der Waals surface area contributed by atoms with Crippen LogP contribution in [-0.4, -0.2) is 31.5 Å². The van der Waals surface area contributed by atoms with Crippen molar-refractivity contribution in [2.45, 2.75) is 32.3 Å². The highest BCUT2D eigenvalue weighted by Gasteiger charge is 2.30. The van der Waals surface area contributed by atoms with Gasteiger partial charge >= 0.3 is 0 Å². The van der Waals surface area contributed by atoms with E-state index in [1.807, 2.05) is 18.2 Å². The summed E-state index contributed by atoms with van der Waals surface area (Å²) in [6.45, 7) is 2.38. The van der Waals surface area contributed by atoms with Crippen molar-refractivity contribution in [1.82, 2.24) is 5.32 Å². The molecule has 1 aliphatic carbocycles. The minimum absolute atomic E-state index is 0.0401. The smallest absolute Gasteiger partial charge is 0.267 e. The van der Waals surface area contributed by atoms with Gasteiger partial charge in [0, 0.05) is 19.5 Å². The third kappa shape index (κ3) is 2.86. The van der Waals surface area contributed by atoms with Crippen LogP contribution in [0.2, 0.25) is 0 Å². The lowest BCUT2D eigenvalue weighted by atomic mass is 10.1. The van der Waals surface area contributed by atoms with E-state index in [1.54, 1.807) is 18.9 Å². The molecule has 0 aromatic heterocycles. The molecule has 1 saturated carbocycles. The number of rotatable bonds is 4. The molecule has 1 aliphatic heterocycles. The van der Waals surface area contributed by atoms with Crippen molar-refractivity contribution in [1.29, 1.82) is 0 Å². The van der Waals surface area contributed by atoms with Crippen molar-refractivity contribution in [3.63, 3.8) is 0 Å². The summed E-state index contributed by atoms with van der Waals surface area (Å²) in [7, 11) is 1.76. The van der Waals surface area contributed by atoms with Crippen molar-refractivity contribution < 1.29 is 14.3 Å². The zero-order valence-electron chi connectivity index (χ0n) is 12.4. The van der Waals surface area contributed by atoms with Crippen LogP contribution in [0.25, 0.3) is 0 Å². The minimum Gasteiger partial charge on any atom is -0.479 e. The average Bonchev–Trinajstić information content (AvgIpc) is 3.30. The molecule has 0 spiro atoms. The van der Waals surface area contributed by atoms with Crippen LogP contribution in [0.5, 0.6) is 5.75 Å². The van der Waals surface area contributed by atoms with Crippen molar-refractivity contribution >= 4 is 17.5 Å². The Morgan fingerprint density at radius 3 is 2.90 bits per heavy atom. The van der Waals surface area contributed by atoms with Crippen LogP contribution < -0.4 is 15.0 Å². The maximum Gasteiger partial charge on any atom is 0.267 e. The van der Waals surface area contributed by atoms with Gasteiger partial charge in [-0.05, 0) is 43.9 Å². The van der Waals surface area contributed by atoms with Crippen molar-refractivity contribution in [2.24, 2.45) is 5.92 Å². The van der Waals surface area contributed by atoms with Crippen LogP contribution in [-0.2, 0) is 16.0 Å². The van der Waals surface area contributed by atoms with Gasteiger partial charge < -0.3 is 15.0 Å². The number of carbonyl (C=O) groups excluding carboxylic acids is 2. The van der Waals surface area contributed by atoms with Gasteiger partial charge in [-0.1, -0.05) is 6.07 Å². The number of amides is 2. The number of nitrogens with one attached hydrogen (secondary N) is 1. The van der Waals surface area contributed by atoms with Crippen LogP contribution in [0.3, 0.4) is 0 Å². The summed E-state index contributed by atoms with van der Waals surface area (Å²) in [5.41, 5.74) is 1.88. The lowest BCUT2D eigenvalue weighted by Crippen LogP contribution is -2.42. The van der Waals surface area contributed by atoms with E-state index in [4.69, 9.17) is 4.74 Å². The molecule has 2 aliphatic rings. The summed E-state index contributed by atoms with van der Waals surface area (Å²) in [5.74, 6) is 1.10. The molecule has 0 saturated heterocycles. The molecule has 1 aromatic rings. The maximum atomic E-state index is 11.9. The number of hydrogen-bond acceptors (Lipinski definition) is 3. The molecular formula is C16H20N2O3. The molecule has 5 nitrogen and oxygen atoms in total. The van der Waals surface area contributed by atoms with Crippen LogP contribution in [0, 0.1) is 5.92 Å².